The predicted molar refractivity (Wildman–Crippen MR) is 88.3 cm³/mol. The first-order chi connectivity index (χ1) is 10.3. The second-order valence-corrected chi connectivity index (χ2v) is 6.67. The maximum Gasteiger partial charge on any atom is 0.0234 e. The maximum absolute atomic E-state index is 3.41. The molecule has 2 unspecified atom stereocenters. The van der Waals surface area contributed by atoms with Crippen LogP contribution in [0.1, 0.15) is 37.3 Å². The van der Waals surface area contributed by atoms with Gasteiger partial charge in [0.1, 0.15) is 0 Å². The summed E-state index contributed by atoms with van der Waals surface area (Å²) in [4.78, 5) is 5.29. The highest BCUT2D eigenvalue weighted by atomic mass is 15.3. The lowest BCUT2D eigenvalue weighted by molar-refractivity contribution is 0.214. The molecule has 3 heteroatoms. The quantitative estimate of drug-likeness (QED) is 0.897. The Bertz CT molecular complexity index is 460. The molecule has 0 spiro atoms. The van der Waals surface area contributed by atoms with Crippen LogP contribution in [0.3, 0.4) is 0 Å². The molecule has 21 heavy (non-hydrogen) atoms. The summed E-state index contributed by atoms with van der Waals surface area (Å²) >= 11 is 0. The zero-order valence-electron chi connectivity index (χ0n) is 13.5. The monoisotopic (exact) mass is 287 g/mol. The number of rotatable bonds is 5. The van der Waals surface area contributed by atoms with Crippen molar-refractivity contribution < 1.29 is 0 Å². The lowest BCUT2D eigenvalue weighted by Crippen LogP contribution is -2.36. The van der Waals surface area contributed by atoms with Gasteiger partial charge in [-0.25, -0.2) is 0 Å². The minimum Gasteiger partial charge on any atom is -0.313 e. The fourth-order valence-electron chi connectivity index (χ4n) is 3.89. The summed E-state index contributed by atoms with van der Waals surface area (Å²) in [5, 5.41) is 3.41. The number of benzene rings is 1. The number of likely N-dealkylation sites (N-methyl/N-ethyl adjacent to an activating group) is 1. The van der Waals surface area contributed by atoms with Crippen molar-refractivity contribution >= 4 is 0 Å². The standard InChI is InChI=1S/C18H29N3/c1-3-19-12-15-5-4-6-16(11-15)13-21-10-9-17-7-8-18(14-21)20(17)2/h4-6,11,17-19H,3,7-10,12-14H2,1-2H3. The molecule has 2 aliphatic rings. The van der Waals surface area contributed by atoms with Gasteiger partial charge in [0.05, 0.1) is 0 Å². The molecule has 0 amide bonds. The van der Waals surface area contributed by atoms with E-state index >= 15 is 0 Å². The smallest absolute Gasteiger partial charge is 0.0234 e. The first kappa shape index (κ1) is 15.0. The Balaban J connectivity index is 1.61. The van der Waals surface area contributed by atoms with Gasteiger partial charge in [0.15, 0.2) is 0 Å². The van der Waals surface area contributed by atoms with Gasteiger partial charge in [-0.15, -0.1) is 0 Å². The van der Waals surface area contributed by atoms with Crippen LogP contribution in [0, 0.1) is 0 Å². The fraction of sp³-hybridized carbons (Fsp3) is 0.667. The average Bonchev–Trinajstić information content (AvgIpc) is 2.74. The molecule has 0 aliphatic carbocycles. The molecular formula is C18H29N3. The molecule has 2 saturated heterocycles. The van der Waals surface area contributed by atoms with Gasteiger partial charge in [-0.05, 0) is 44.0 Å². The van der Waals surface area contributed by atoms with Crippen LogP contribution in [0.2, 0.25) is 0 Å². The molecular weight excluding hydrogens is 258 g/mol. The Morgan fingerprint density at radius 2 is 1.95 bits per heavy atom. The average molecular weight is 287 g/mol. The number of hydrogen-bond donors (Lipinski definition) is 1. The number of fused-ring (bicyclic) bond motifs is 2. The number of hydrogen-bond acceptors (Lipinski definition) is 3. The van der Waals surface area contributed by atoms with Crippen molar-refractivity contribution in [3.05, 3.63) is 35.4 Å². The number of likely N-dealkylation sites (tertiary alicyclic amines) is 1. The van der Waals surface area contributed by atoms with E-state index in [4.69, 9.17) is 0 Å². The van der Waals surface area contributed by atoms with Crippen LogP contribution >= 0.6 is 0 Å². The molecule has 3 rings (SSSR count). The largest absolute Gasteiger partial charge is 0.313 e. The highest BCUT2D eigenvalue weighted by molar-refractivity contribution is 5.23. The third-order valence-corrected chi connectivity index (χ3v) is 5.21. The van der Waals surface area contributed by atoms with E-state index in [0.717, 1.165) is 31.7 Å². The van der Waals surface area contributed by atoms with E-state index in [1.165, 1.54) is 43.5 Å². The van der Waals surface area contributed by atoms with Gasteiger partial charge in [0, 0.05) is 38.3 Å². The van der Waals surface area contributed by atoms with Gasteiger partial charge < -0.3 is 5.32 Å². The third-order valence-electron chi connectivity index (χ3n) is 5.21. The van der Waals surface area contributed by atoms with E-state index < -0.39 is 0 Å². The minimum atomic E-state index is 0.780. The predicted octanol–water partition coefficient (Wildman–Crippen LogP) is 2.46. The van der Waals surface area contributed by atoms with E-state index in [2.05, 4.69) is 53.4 Å². The van der Waals surface area contributed by atoms with Crippen molar-refractivity contribution in [1.82, 2.24) is 15.1 Å². The molecule has 0 saturated carbocycles. The second-order valence-electron chi connectivity index (χ2n) is 6.67. The lowest BCUT2D eigenvalue weighted by atomic mass is 10.1. The van der Waals surface area contributed by atoms with Gasteiger partial charge in [-0.3, -0.25) is 9.80 Å². The molecule has 2 heterocycles. The Hall–Kier alpha value is -0.900. The van der Waals surface area contributed by atoms with Crippen LogP contribution in [0.15, 0.2) is 24.3 Å². The molecule has 0 radical (unpaired) electrons. The van der Waals surface area contributed by atoms with Crippen molar-refractivity contribution in [2.45, 2.75) is 51.4 Å². The second kappa shape index (κ2) is 6.91. The van der Waals surface area contributed by atoms with Crippen molar-refractivity contribution in [2.24, 2.45) is 0 Å². The Kier molecular flexibility index (Phi) is 4.94. The molecule has 2 aliphatic heterocycles. The fourth-order valence-corrected chi connectivity index (χ4v) is 3.89. The van der Waals surface area contributed by atoms with E-state index in [9.17, 15) is 0 Å². The zero-order chi connectivity index (χ0) is 14.7. The molecule has 1 aromatic rings. The summed E-state index contributed by atoms with van der Waals surface area (Å²) in [6, 6.07) is 10.7. The molecule has 116 valence electrons. The van der Waals surface area contributed by atoms with Gasteiger partial charge >= 0.3 is 0 Å². The van der Waals surface area contributed by atoms with Crippen LogP contribution in [0.25, 0.3) is 0 Å². The van der Waals surface area contributed by atoms with Crippen LogP contribution < -0.4 is 5.32 Å². The topological polar surface area (TPSA) is 18.5 Å². The summed E-state index contributed by atoms with van der Waals surface area (Å²) in [5.74, 6) is 0. The van der Waals surface area contributed by atoms with Crippen molar-refractivity contribution in [1.29, 1.82) is 0 Å². The normalized spacial score (nSPS) is 27.0. The van der Waals surface area contributed by atoms with Gasteiger partial charge in [-0.1, -0.05) is 31.2 Å². The Labute approximate surface area is 129 Å². The first-order valence-corrected chi connectivity index (χ1v) is 8.49. The van der Waals surface area contributed by atoms with Crippen LogP contribution in [0.5, 0.6) is 0 Å². The third kappa shape index (κ3) is 3.65. The molecule has 2 atom stereocenters. The van der Waals surface area contributed by atoms with E-state index in [0.29, 0.717) is 0 Å². The summed E-state index contributed by atoms with van der Waals surface area (Å²) in [6.07, 6.45) is 4.13. The van der Waals surface area contributed by atoms with Crippen molar-refractivity contribution in [2.75, 3.05) is 26.7 Å². The van der Waals surface area contributed by atoms with Crippen LogP contribution in [0.4, 0.5) is 0 Å². The van der Waals surface area contributed by atoms with Crippen molar-refractivity contribution in [3.63, 3.8) is 0 Å². The first-order valence-electron chi connectivity index (χ1n) is 8.49. The van der Waals surface area contributed by atoms with Gasteiger partial charge in [0.25, 0.3) is 0 Å². The SMILES string of the molecule is CCNCc1cccc(CN2CCC3CCC(C2)N3C)c1. The van der Waals surface area contributed by atoms with Gasteiger partial charge in [0.2, 0.25) is 0 Å². The Morgan fingerprint density at radius 3 is 2.81 bits per heavy atom. The van der Waals surface area contributed by atoms with E-state index in [1.807, 2.05) is 0 Å². The van der Waals surface area contributed by atoms with Crippen LogP contribution in [-0.4, -0.2) is 48.6 Å². The zero-order valence-corrected chi connectivity index (χ0v) is 13.5. The highest BCUT2D eigenvalue weighted by Crippen LogP contribution is 2.29. The molecule has 0 aromatic heterocycles. The summed E-state index contributed by atoms with van der Waals surface area (Å²) in [7, 11) is 2.32. The molecule has 3 nitrogen and oxygen atoms in total. The summed E-state index contributed by atoms with van der Waals surface area (Å²) in [5.41, 5.74) is 2.87. The van der Waals surface area contributed by atoms with Crippen LogP contribution in [-0.2, 0) is 13.1 Å². The number of nitrogens with zero attached hydrogens (tertiary/aromatic N) is 2. The molecule has 2 bridgehead atoms. The Morgan fingerprint density at radius 1 is 1.14 bits per heavy atom. The van der Waals surface area contributed by atoms with E-state index in [-0.39, 0.29) is 0 Å². The summed E-state index contributed by atoms with van der Waals surface area (Å²) in [6.45, 7) is 7.78. The highest BCUT2D eigenvalue weighted by Gasteiger charge is 2.34. The van der Waals surface area contributed by atoms with E-state index in [1.54, 1.807) is 0 Å². The molecule has 2 fully saturated rings. The summed E-state index contributed by atoms with van der Waals surface area (Å²) < 4.78 is 0. The van der Waals surface area contributed by atoms with Crippen molar-refractivity contribution in [3.8, 4) is 0 Å². The lowest BCUT2D eigenvalue weighted by Gasteiger charge is -2.25. The van der Waals surface area contributed by atoms with Gasteiger partial charge in [-0.2, -0.15) is 0 Å². The number of nitrogens with one attached hydrogen (secondary N) is 1. The molecule has 1 N–H and O–H groups in total. The maximum atomic E-state index is 3.41. The molecule has 1 aromatic carbocycles. The minimum absolute atomic E-state index is 0.780.